The Labute approximate surface area is 126 Å². The molecule has 2 atom stereocenters. The van der Waals surface area contributed by atoms with Gasteiger partial charge in [0.05, 0.1) is 6.20 Å². The average Bonchev–Trinajstić information content (AvgIpc) is 3.15. The van der Waals surface area contributed by atoms with Crippen molar-refractivity contribution in [2.24, 2.45) is 0 Å². The standard InChI is InChI=1S/C17H24N4/c1-17(15-6-3-2-4-7-15)9-8-16(14-17)18-10-5-12-21-13-11-19-20-21/h2-4,6-7,11,13,16,18H,5,8-10,12,14H2,1H3/t16-,17+/m1/s1. The molecule has 1 aromatic carbocycles. The third-order valence-corrected chi connectivity index (χ3v) is 4.68. The van der Waals surface area contributed by atoms with E-state index in [1.807, 2.05) is 10.9 Å². The summed E-state index contributed by atoms with van der Waals surface area (Å²) in [5, 5.41) is 11.5. The molecule has 1 N–H and O–H groups in total. The Bertz CT molecular complexity index is 537. The summed E-state index contributed by atoms with van der Waals surface area (Å²) in [6.45, 7) is 4.39. The molecule has 4 heteroatoms. The molecule has 0 amide bonds. The molecule has 4 nitrogen and oxygen atoms in total. The number of rotatable bonds is 6. The van der Waals surface area contributed by atoms with E-state index < -0.39 is 0 Å². The zero-order valence-electron chi connectivity index (χ0n) is 12.7. The van der Waals surface area contributed by atoms with Gasteiger partial charge in [0.15, 0.2) is 0 Å². The molecule has 0 aliphatic heterocycles. The molecule has 3 rings (SSSR count). The van der Waals surface area contributed by atoms with Gasteiger partial charge < -0.3 is 5.32 Å². The third kappa shape index (κ3) is 3.50. The first-order valence-electron chi connectivity index (χ1n) is 7.89. The average molecular weight is 284 g/mol. The maximum absolute atomic E-state index is 3.99. The summed E-state index contributed by atoms with van der Waals surface area (Å²) in [5.41, 5.74) is 1.82. The molecule has 1 saturated carbocycles. The second-order valence-electron chi connectivity index (χ2n) is 6.34. The highest BCUT2D eigenvalue weighted by atomic mass is 15.4. The van der Waals surface area contributed by atoms with E-state index in [4.69, 9.17) is 0 Å². The molecule has 0 spiro atoms. The molecule has 0 unspecified atom stereocenters. The first-order chi connectivity index (χ1) is 10.3. The van der Waals surface area contributed by atoms with Crippen LogP contribution in [-0.2, 0) is 12.0 Å². The molecule has 112 valence electrons. The predicted octanol–water partition coefficient (Wildman–Crippen LogP) is 2.77. The largest absolute Gasteiger partial charge is 0.314 e. The van der Waals surface area contributed by atoms with Gasteiger partial charge in [-0.25, -0.2) is 0 Å². The highest BCUT2D eigenvalue weighted by Crippen LogP contribution is 2.40. The molecule has 0 saturated heterocycles. The van der Waals surface area contributed by atoms with Crippen LogP contribution < -0.4 is 5.32 Å². The van der Waals surface area contributed by atoms with Crippen LogP contribution in [0.4, 0.5) is 0 Å². The number of aromatic nitrogens is 3. The molecule has 1 aliphatic rings. The number of hydrogen-bond donors (Lipinski definition) is 1. The van der Waals surface area contributed by atoms with Gasteiger partial charge in [-0.3, -0.25) is 4.68 Å². The van der Waals surface area contributed by atoms with Crippen LogP contribution in [0.5, 0.6) is 0 Å². The summed E-state index contributed by atoms with van der Waals surface area (Å²) in [4.78, 5) is 0. The fraction of sp³-hybridized carbons (Fsp3) is 0.529. The monoisotopic (exact) mass is 284 g/mol. The second kappa shape index (κ2) is 6.39. The minimum absolute atomic E-state index is 0.338. The lowest BCUT2D eigenvalue weighted by atomic mass is 9.81. The van der Waals surface area contributed by atoms with Gasteiger partial charge in [-0.15, -0.1) is 5.10 Å². The van der Waals surface area contributed by atoms with Crippen molar-refractivity contribution in [3.05, 3.63) is 48.3 Å². The quantitative estimate of drug-likeness (QED) is 0.829. The molecule has 1 heterocycles. The van der Waals surface area contributed by atoms with E-state index in [-0.39, 0.29) is 0 Å². The number of aryl methyl sites for hydroxylation is 1. The maximum atomic E-state index is 3.99. The van der Waals surface area contributed by atoms with E-state index in [0.717, 1.165) is 19.5 Å². The van der Waals surface area contributed by atoms with Crippen molar-refractivity contribution >= 4 is 0 Å². The Morgan fingerprint density at radius 1 is 1.33 bits per heavy atom. The maximum Gasteiger partial charge on any atom is 0.0692 e. The van der Waals surface area contributed by atoms with Crippen molar-refractivity contribution in [2.45, 2.75) is 50.6 Å². The Hall–Kier alpha value is -1.68. The van der Waals surface area contributed by atoms with Gasteiger partial charge in [0.25, 0.3) is 0 Å². The van der Waals surface area contributed by atoms with Crippen molar-refractivity contribution in [1.82, 2.24) is 20.3 Å². The fourth-order valence-corrected chi connectivity index (χ4v) is 3.42. The molecule has 2 aromatic rings. The lowest BCUT2D eigenvalue weighted by Crippen LogP contribution is -2.30. The first-order valence-corrected chi connectivity index (χ1v) is 7.89. The molecule has 0 bridgehead atoms. The van der Waals surface area contributed by atoms with Crippen LogP contribution in [0.15, 0.2) is 42.7 Å². The van der Waals surface area contributed by atoms with Gasteiger partial charge in [0.2, 0.25) is 0 Å². The normalized spacial score (nSPS) is 25.3. The molecule has 0 radical (unpaired) electrons. The molecule has 1 aliphatic carbocycles. The zero-order chi connectivity index (χ0) is 14.5. The SMILES string of the molecule is C[C@]1(c2ccccc2)CC[C@@H](NCCCn2ccnn2)C1. The third-order valence-electron chi connectivity index (χ3n) is 4.68. The topological polar surface area (TPSA) is 42.7 Å². The van der Waals surface area contributed by atoms with Crippen LogP contribution in [0.1, 0.15) is 38.2 Å². The van der Waals surface area contributed by atoms with Gasteiger partial charge >= 0.3 is 0 Å². The van der Waals surface area contributed by atoms with Crippen LogP contribution in [-0.4, -0.2) is 27.6 Å². The zero-order valence-corrected chi connectivity index (χ0v) is 12.7. The van der Waals surface area contributed by atoms with Gasteiger partial charge in [0.1, 0.15) is 0 Å². The van der Waals surface area contributed by atoms with E-state index in [1.165, 1.54) is 24.8 Å². The fourth-order valence-electron chi connectivity index (χ4n) is 3.42. The summed E-state index contributed by atoms with van der Waals surface area (Å²) in [6.07, 6.45) is 8.53. The molecule has 1 aromatic heterocycles. The first kappa shape index (κ1) is 14.3. The van der Waals surface area contributed by atoms with Crippen LogP contribution in [0, 0.1) is 0 Å². The van der Waals surface area contributed by atoms with Crippen LogP contribution in [0.2, 0.25) is 0 Å². The van der Waals surface area contributed by atoms with E-state index in [1.54, 1.807) is 6.20 Å². The lowest BCUT2D eigenvalue weighted by molar-refractivity contribution is 0.440. The van der Waals surface area contributed by atoms with Crippen molar-refractivity contribution < 1.29 is 0 Å². The van der Waals surface area contributed by atoms with Crippen LogP contribution >= 0.6 is 0 Å². The summed E-state index contributed by atoms with van der Waals surface area (Å²) < 4.78 is 1.89. The van der Waals surface area contributed by atoms with E-state index >= 15 is 0 Å². The van der Waals surface area contributed by atoms with Crippen LogP contribution in [0.3, 0.4) is 0 Å². The Morgan fingerprint density at radius 2 is 2.19 bits per heavy atom. The van der Waals surface area contributed by atoms with Crippen LogP contribution in [0.25, 0.3) is 0 Å². The Kier molecular flexibility index (Phi) is 4.34. The predicted molar refractivity (Wildman–Crippen MR) is 84.1 cm³/mol. The summed E-state index contributed by atoms with van der Waals surface area (Å²) >= 11 is 0. The van der Waals surface area contributed by atoms with Crippen molar-refractivity contribution in [3.63, 3.8) is 0 Å². The van der Waals surface area contributed by atoms with E-state index in [0.29, 0.717) is 11.5 Å². The number of hydrogen-bond acceptors (Lipinski definition) is 3. The summed E-state index contributed by atoms with van der Waals surface area (Å²) in [6, 6.07) is 11.6. The highest BCUT2D eigenvalue weighted by molar-refractivity contribution is 5.26. The molecular formula is C17H24N4. The van der Waals surface area contributed by atoms with Gasteiger partial charge in [0, 0.05) is 18.8 Å². The van der Waals surface area contributed by atoms with Gasteiger partial charge in [-0.1, -0.05) is 42.5 Å². The van der Waals surface area contributed by atoms with Crippen molar-refractivity contribution in [1.29, 1.82) is 0 Å². The molecular weight excluding hydrogens is 260 g/mol. The van der Waals surface area contributed by atoms with E-state index in [2.05, 4.69) is 52.9 Å². The number of nitrogens with one attached hydrogen (secondary N) is 1. The minimum Gasteiger partial charge on any atom is -0.314 e. The van der Waals surface area contributed by atoms with E-state index in [9.17, 15) is 0 Å². The van der Waals surface area contributed by atoms with Crippen molar-refractivity contribution in [2.75, 3.05) is 6.54 Å². The van der Waals surface area contributed by atoms with Gasteiger partial charge in [-0.05, 0) is 43.2 Å². The second-order valence-corrected chi connectivity index (χ2v) is 6.34. The number of benzene rings is 1. The summed E-state index contributed by atoms with van der Waals surface area (Å²) in [5.74, 6) is 0. The minimum atomic E-state index is 0.338. The van der Waals surface area contributed by atoms with Crippen molar-refractivity contribution in [3.8, 4) is 0 Å². The lowest BCUT2D eigenvalue weighted by Gasteiger charge is -2.25. The summed E-state index contributed by atoms with van der Waals surface area (Å²) in [7, 11) is 0. The smallest absolute Gasteiger partial charge is 0.0692 e. The molecule has 1 fully saturated rings. The molecule has 21 heavy (non-hydrogen) atoms. The Morgan fingerprint density at radius 3 is 2.95 bits per heavy atom. The Balaban J connectivity index is 1.44. The van der Waals surface area contributed by atoms with Gasteiger partial charge in [-0.2, -0.15) is 0 Å². The highest BCUT2D eigenvalue weighted by Gasteiger charge is 2.35. The number of nitrogens with zero attached hydrogens (tertiary/aromatic N) is 3.